The van der Waals surface area contributed by atoms with Crippen molar-refractivity contribution in [1.29, 1.82) is 0 Å². The maximum atomic E-state index is 12.6. The highest BCUT2D eigenvalue weighted by Gasteiger charge is 2.50. The zero-order chi connectivity index (χ0) is 18.2. The molecule has 25 heavy (non-hydrogen) atoms. The minimum atomic E-state index is -0.499. The summed E-state index contributed by atoms with van der Waals surface area (Å²) in [5, 5.41) is 0. The van der Waals surface area contributed by atoms with Gasteiger partial charge in [-0.1, -0.05) is 26.8 Å². The third-order valence-electron chi connectivity index (χ3n) is 5.37. The summed E-state index contributed by atoms with van der Waals surface area (Å²) in [6.45, 7) is 7.36. The monoisotopic (exact) mass is 345 g/mol. The SMILES string of the molecule is COc1cccc(C(=O)OCC(=O)N2C[C@]3(C)C[C@H]2CC(C)(C)C3)c1. The molecule has 1 aliphatic carbocycles. The second-order valence-electron chi connectivity index (χ2n) is 8.54. The van der Waals surface area contributed by atoms with E-state index in [2.05, 4.69) is 20.8 Å². The van der Waals surface area contributed by atoms with Crippen molar-refractivity contribution in [1.82, 2.24) is 4.90 Å². The minimum absolute atomic E-state index is 0.0947. The molecule has 1 amide bonds. The van der Waals surface area contributed by atoms with E-state index in [1.165, 1.54) is 0 Å². The van der Waals surface area contributed by atoms with Crippen molar-refractivity contribution in [2.75, 3.05) is 20.3 Å². The summed E-state index contributed by atoms with van der Waals surface area (Å²) < 4.78 is 10.4. The highest BCUT2D eigenvalue weighted by atomic mass is 16.5. The molecule has 5 heteroatoms. The Hall–Kier alpha value is -2.04. The third-order valence-corrected chi connectivity index (χ3v) is 5.37. The van der Waals surface area contributed by atoms with Crippen LogP contribution in [0.1, 0.15) is 50.4 Å². The van der Waals surface area contributed by atoms with Gasteiger partial charge in [0, 0.05) is 12.6 Å². The van der Waals surface area contributed by atoms with Gasteiger partial charge in [-0.05, 0) is 48.3 Å². The number of likely N-dealkylation sites (tertiary alicyclic amines) is 1. The van der Waals surface area contributed by atoms with Crippen LogP contribution in [0.15, 0.2) is 24.3 Å². The standard InChI is InChI=1S/C20H27NO4/c1-19(2)9-15-10-20(3,12-19)13-21(15)17(22)11-25-18(23)14-6-5-7-16(8-14)24-4/h5-8,15H,9-13H2,1-4H3/t15-,20-/m1/s1. The Morgan fingerprint density at radius 1 is 1.24 bits per heavy atom. The quantitative estimate of drug-likeness (QED) is 0.786. The smallest absolute Gasteiger partial charge is 0.338 e. The molecular weight excluding hydrogens is 318 g/mol. The fourth-order valence-corrected chi connectivity index (χ4v) is 4.80. The summed E-state index contributed by atoms with van der Waals surface area (Å²) in [7, 11) is 1.54. The summed E-state index contributed by atoms with van der Waals surface area (Å²) >= 11 is 0. The van der Waals surface area contributed by atoms with Gasteiger partial charge in [-0.15, -0.1) is 0 Å². The normalized spacial score (nSPS) is 27.0. The van der Waals surface area contributed by atoms with Crippen LogP contribution in [0.4, 0.5) is 0 Å². The zero-order valence-corrected chi connectivity index (χ0v) is 15.5. The van der Waals surface area contributed by atoms with Crippen LogP contribution >= 0.6 is 0 Å². The van der Waals surface area contributed by atoms with Crippen molar-refractivity contribution < 1.29 is 19.1 Å². The van der Waals surface area contributed by atoms with Gasteiger partial charge in [-0.25, -0.2) is 4.79 Å². The van der Waals surface area contributed by atoms with Crippen LogP contribution < -0.4 is 4.74 Å². The Labute approximate surface area is 149 Å². The van der Waals surface area contributed by atoms with Crippen molar-refractivity contribution in [3.8, 4) is 5.75 Å². The molecule has 2 fully saturated rings. The highest BCUT2D eigenvalue weighted by molar-refractivity contribution is 5.91. The van der Waals surface area contributed by atoms with E-state index in [4.69, 9.17) is 9.47 Å². The summed E-state index contributed by atoms with van der Waals surface area (Å²) in [5.74, 6) is -0.00657. The van der Waals surface area contributed by atoms with Crippen LogP contribution in [0.2, 0.25) is 0 Å². The van der Waals surface area contributed by atoms with E-state index in [1.54, 1.807) is 31.4 Å². The van der Waals surface area contributed by atoms with Crippen molar-refractivity contribution in [3.63, 3.8) is 0 Å². The number of methoxy groups -OCH3 is 1. The molecular formula is C20H27NO4. The average molecular weight is 345 g/mol. The molecule has 5 nitrogen and oxygen atoms in total. The number of fused-ring (bicyclic) bond motifs is 2. The lowest BCUT2D eigenvalue weighted by Crippen LogP contribution is -2.39. The van der Waals surface area contributed by atoms with E-state index >= 15 is 0 Å². The number of carbonyl (C=O) groups is 2. The second kappa shape index (κ2) is 6.36. The fourth-order valence-electron chi connectivity index (χ4n) is 4.80. The van der Waals surface area contributed by atoms with Crippen molar-refractivity contribution in [2.24, 2.45) is 10.8 Å². The van der Waals surface area contributed by atoms with Crippen LogP contribution in [-0.2, 0) is 9.53 Å². The van der Waals surface area contributed by atoms with Gasteiger partial charge in [0.15, 0.2) is 6.61 Å². The number of benzene rings is 1. The molecule has 1 aromatic carbocycles. The first-order chi connectivity index (χ1) is 11.7. The molecule has 0 radical (unpaired) electrons. The number of carbonyl (C=O) groups excluding carboxylic acids is 2. The number of ether oxygens (including phenoxy) is 2. The van der Waals surface area contributed by atoms with Crippen molar-refractivity contribution >= 4 is 11.9 Å². The molecule has 1 heterocycles. The molecule has 1 saturated heterocycles. The van der Waals surface area contributed by atoms with Gasteiger partial charge in [-0.3, -0.25) is 4.79 Å². The van der Waals surface area contributed by atoms with Crippen LogP contribution in [0, 0.1) is 10.8 Å². The predicted molar refractivity (Wildman–Crippen MR) is 94.5 cm³/mol. The number of nitrogens with zero attached hydrogens (tertiary/aromatic N) is 1. The van der Waals surface area contributed by atoms with Gasteiger partial charge in [0.05, 0.1) is 12.7 Å². The fraction of sp³-hybridized carbons (Fsp3) is 0.600. The van der Waals surface area contributed by atoms with E-state index in [9.17, 15) is 9.59 Å². The number of amides is 1. The molecule has 1 saturated carbocycles. The second-order valence-corrected chi connectivity index (χ2v) is 8.54. The molecule has 2 bridgehead atoms. The van der Waals surface area contributed by atoms with Gasteiger partial charge in [0.2, 0.25) is 0 Å². The predicted octanol–water partition coefficient (Wildman–Crippen LogP) is 3.28. The Balaban J connectivity index is 1.60. The first-order valence-corrected chi connectivity index (χ1v) is 8.82. The lowest BCUT2D eigenvalue weighted by molar-refractivity contribution is -0.135. The first-order valence-electron chi connectivity index (χ1n) is 8.82. The number of rotatable bonds is 4. The summed E-state index contributed by atoms with van der Waals surface area (Å²) in [6, 6.07) is 7.01. The Bertz CT molecular complexity index is 684. The summed E-state index contributed by atoms with van der Waals surface area (Å²) in [4.78, 5) is 26.7. The van der Waals surface area contributed by atoms with E-state index < -0.39 is 5.97 Å². The van der Waals surface area contributed by atoms with Crippen LogP contribution in [0.5, 0.6) is 5.75 Å². The summed E-state index contributed by atoms with van der Waals surface area (Å²) in [6.07, 6.45) is 3.19. The highest BCUT2D eigenvalue weighted by Crippen LogP contribution is 2.52. The zero-order valence-electron chi connectivity index (χ0n) is 15.5. The molecule has 2 aliphatic rings. The number of esters is 1. The van der Waals surface area contributed by atoms with Crippen LogP contribution in [-0.4, -0.2) is 43.1 Å². The molecule has 3 rings (SSSR count). The van der Waals surface area contributed by atoms with Gasteiger partial charge in [-0.2, -0.15) is 0 Å². The van der Waals surface area contributed by atoms with Crippen molar-refractivity contribution in [3.05, 3.63) is 29.8 Å². The maximum Gasteiger partial charge on any atom is 0.338 e. The molecule has 0 aromatic heterocycles. The topological polar surface area (TPSA) is 55.8 Å². The molecule has 2 atom stereocenters. The maximum absolute atomic E-state index is 12.6. The van der Waals surface area contributed by atoms with Gasteiger partial charge < -0.3 is 14.4 Å². The Morgan fingerprint density at radius 3 is 2.72 bits per heavy atom. The largest absolute Gasteiger partial charge is 0.497 e. The van der Waals surface area contributed by atoms with E-state index in [0.29, 0.717) is 11.3 Å². The Morgan fingerprint density at radius 2 is 2.00 bits per heavy atom. The third kappa shape index (κ3) is 3.80. The van der Waals surface area contributed by atoms with E-state index in [-0.39, 0.29) is 29.4 Å². The number of hydrogen-bond acceptors (Lipinski definition) is 4. The molecule has 0 spiro atoms. The number of hydrogen-bond donors (Lipinski definition) is 0. The van der Waals surface area contributed by atoms with Gasteiger partial charge >= 0.3 is 5.97 Å². The van der Waals surface area contributed by atoms with Crippen LogP contribution in [0.3, 0.4) is 0 Å². The minimum Gasteiger partial charge on any atom is -0.497 e. The first kappa shape index (κ1) is 17.8. The lowest BCUT2D eigenvalue weighted by atomic mass is 9.65. The molecule has 0 N–H and O–H groups in total. The van der Waals surface area contributed by atoms with Crippen molar-refractivity contribution in [2.45, 2.75) is 46.1 Å². The molecule has 136 valence electrons. The summed E-state index contributed by atoms with van der Waals surface area (Å²) in [5.41, 5.74) is 0.823. The van der Waals surface area contributed by atoms with E-state index in [0.717, 1.165) is 25.8 Å². The molecule has 1 aliphatic heterocycles. The molecule has 1 aromatic rings. The van der Waals surface area contributed by atoms with E-state index in [1.807, 2.05) is 4.90 Å². The molecule has 0 unspecified atom stereocenters. The lowest BCUT2D eigenvalue weighted by Gasteiger charge is -2.39. The Kier molecular flexibility index (Phi) is 4.52. The van der Waals surface area contributed by atoms with Gasteiger partial charge in [0.1, 0.15) is 5.75 Å². The van der Waals surface area contributed by atoms with Gasteiger partial charge in [0.25, 0.3) is 5.91 Å². The average Bonchev–Trinajstić information content (AvgIpc) is 2.81. The van der Waals surface area contributed by atoms with Crippen LogP contribution in [0.25, 0.3) is 0 Å².